The average molecular weight is 406 g/mol. The summed E-state index contributed by atoms with van der Waals surface area (Å²) in [6.07, 6.45) is 1.65. The van der Waals surface area contributed by atoms with Gasteiger partial charge in [-0.05, 0) is 12.1 Å². The molecule has 0 unspecified atom stereocenters. The van der Waals surface area contributed by atoms with E-state index >= 15 is 0 Å². The second kappa shape index (κ2) is 9.74. The van der Waals surface area contributed by atoms with Crippen LogP contribution in [0.15, 0.2) is 83.5 Å². The van der Waals surface area contributed by atoms with Crippen LogP contribution in [0.25, 0.3) is 0 Å². The number of rotatable bonds is 7. The number of hydrogen-bond acceptors (Lipinski definition) is 2. The van der Waals surface area contributed by atoms with E-state index in [2.05, 4.69) is 60.7 Å². The number of quaternary nitrogens is 2. The van der Waals surface area contributed by atoms with Crippen molar-refractivity contribution in [3.8, 4) is 0 Å². The van der Waals surface area contributed by atoms with E-state index < -0.39 is 0 Å². The summed E-state index contributed by atoms with van der Waals surface area (Å²) in [4.78, 5) is 17.4. The Hall–Kier alpha value is -2.89. The van der Waals surface area contributed by atoms with Crippen molar-refractivity contribution in [2.75, 3.05) is 39.8 Å². The lowest BCUT2D eigenvalue weighted by Crippen LogP contribution is -3.28. The van der Waals surface area contributed by atoms with Gasteiger partial charge in [-0.3, -0.25) is 4.79 Å². The van der Waals surface area contributed by atoms with Gasteiger partial charge in [-0.15, -0.1) is 0 Å². The van der Waals surface area contributed by atoms with Crippen molar-refractivity contribution in [2.24, 2.45) is 0 Å². The number of carbonyl (C=O) groups is 1. The largest absolute Gasteiger partial charge is 0.467 e. The molecule has 2 aromatic carbocycles. The van der Waals surface area contributed by atoms with Gasteiger partial charge in [0.2, 0.25) is 0 Å². The predicted molar refractivity (Wildman–Crippen MR) is 116 cm³/mol. The standard InChI is InChI=1S/C25H29N3O2/c1-26(19-23-13-8-18-30-23)24(29)20-27-14-16-28(17-15-27)25(21-9-4-2-5-10-21)22-11-6-3-7-12-22/h2-13,18,25H,14-17,19-20H2,1H3/p+2. The molecule has 3 aromatic rings. The SMILES string of the molecule is CN(Cc1ccco1)C(=O)C[NH+]1CC[NH+](C(c2ccccc2)c2ccccc2)CC1. The first-order valence-electron chi connectivity index (χ1n) is 10.7. The monoisotopic (exact) mass is 405 g/mol. The van der Waals surface area contributed by atoms with Gasteiger partial charge in [-0.1, -0.05) is 60.7 Å². The Kier molecular flexibility index (Phi) is 6.62. The molecule has 1 fully saturated rings. The Morgan fingerprint density at radius 3 is 2.03 bits per heavy atom. The molecular weight excluding hydrogens is 374 g/mol. The zero-order valence-corrected chi connectivity index (χ0v) is 17.6. The maximum absolute atomic E-state index is 12.7. The van der Waals surface area contributed by atoms with Crippen LogP contribution in [0.3, 0.4) is 0 Å². The fraction of sp³-hybridized carbons (Fsp3) is 0.320. The summed E-state index contributed by atoms with van der Waals surface area (Å²) in [5, 5.41) is 0. The normalized spacial score (nSPS) is 19.0. The van der Waals surface area contributed by atoms with Crippen LogP contribution in [0.4, 0.5) is 0 Å². The van der Waals surface area contributed by atoms with Gasteiger partial charge >= 0.3 is 0 Å². The van der Waals surface area contributed by atoms with Crippen molar-refractivity contribution in [3.05, 3.63) is 95.9 Å². The average Bonchev–Trinajstić information content (AvgIpc) is 3.30. The molecule has 5 nitrogen and oxygen atoms in total. The van der Waals surface area contributed by atoms with E-state index in [1.165, 1.54) is 16.0 Å². The van der Waals surface area contributed by atoms with Crippen molar-refractivity contribution in [3.63, 3.8) is 0 Å². The topological polar surface area (TPSA) is 42.3 Å². The Bertz CT molecular complexity index is 865. The van der Waals surface area contributed by atoms with E-state index in [1.54, 1.807) is 16.1 Å². The number of nitrogens with zero attached hydrogens (tertiary/aromatic N) is 1. The number of benzene rings is 2. The Morgan fingerprint density at radius 2 is 1.50 bits per heavy atom. The third-order valence-corrected chi connectivity index (χ3v) is 6.07. The maximum Gasteiger partial charge on any atom is 0.277 e. The van der Waals surface area contributed by atoms with Gasteiger partial charge in [0.05, 0.1) is 12.8 Å². The Morgan fingerprint density at radius 1 is 0.900 bits per heavy atom. The van der Waals surface area contributed by atoms with Crippen LogP contribution in [0, 0.1) is 0 Å². The smallest absolute Gasteiger partial charge is 0.277 e. The highest BCUT2D eigenvalue weighted by molar-refractivity contribution is 5.76. The highest BCUT2D eigenvalue weighted by Crippen LogP contribution is 2.18. The third-order valence-electron chi connectivity index (χ3n) is 6.07. The summed E-state index contributed by atoms with van der Waals surface area (Å²) in [5.74, 6) is 0.996. The first kappa shape index (κ1) is 20.4. The Balaban J connectivity index is 1.37. The number of carbonyl (C=O) groups excluding carboxylic acids is 1. The summed E-state index contributed by atoms with van der Waals surface area (Å²) in [6.45, 7) is 5.20. The van der Waals surface area contributed by atoms with Crippen LogP contribution in [0.5, 0.6) is 0 Å². The predicted octanol–water partition coefficient (Wildman–Crippen LogP) is 0.811. The highest BCUT2D eigenvalue weighted by atomic mass is 16.3. The van der Waals surface area contributed by atoms with E-state index in [1.807, 2.05) is 19.2 Å². The molecule has 30 heavy (non-hydrogen) atoms. The molecule has 1 aliphatic rings. The van der Waals surface area contributed by atoms with E-state index in [4.69, 9.17) is 4.42 Å². The van der Waals surface area contributed by atoms with Crippen molar-refractivity contribution in [2.45, 2.75) is 12.6 Å². The second-order valence-corrected chi connectivity index (χ2v) is 8.17. The number of nitrogens with one attached hydrogen (secondary N) is 2. The van der Waals surface area contributed by atoms with Crippen LogP contribution in [0.1, 0.15) is 22.9 Å². The van der Waals surface area contributed by atoms with Crippen molar-refractivity contribution in [1.29, 1.82) is 0 Å². The van der Waals surface area contributed by atoms with E-state index in [0.29, 0.717) is 19.1 Å². The molecule has 0 radical (unpaired) electrons. The zero-order valence-electron chi connectivity index (χ0n) is 17.6. The van der Waals surface area contributed by atoms with Crippen LogP contribution in [-0.4, -0.2) is 50.6 Å². The molecule has 1 saturated heterocycles. The number of amides is 1. The number of hydrogen-bond donors (Lipinski definition) is 2. The minimum Gasteiger partial charge on any atom is -0.467 e. The molecule has 156 valence electrons. The minimum absolute atomic E-state index is 0.174. The number of likely N-dealkylation sites (N-methyl/N-ethyl adjacent to an activating group) is 1. The molecule has 2 heterocycles. The molecule has 1 amide bonds. The van der Waals surface area contributed by atoms with Crippen LogP contribution in [-0.2, 0) is 11.3 Å². The molecular formula is C25H31N3O2+2. The highest BCUT2D eigenvalue weighted by Gasteiger charge is 2.32. The molecule has 1 aliphatic heterocycles. The maximum atomic E-state index is 12.7. The summed E-state index contributed by atoms with van der Waals surface area (Å²) < 4.78 is 5.36. The van der Waals surface area contributed by atoms with Crippen LogP contribution < -0.4 is 9.80 Å². The summed E-state index contributed by atoms with van der Waals surface area (Å²) in [6, 6.07) is 25.7. The molecule has 5 heteroatoms. The third kappa shape index (κ3) is 4.99. The molecule has 0 aliphatic carbocycles. The van der Waals surface area contributed by atoms with Gasteiger partial charge in [-0.2, -0.15) is 0 Å². The molecule has 4 rings (SSSR count). The molecule has 1 aromatic heterocycles. The Labute approximate surface area is 178 Å². The molecule has 0 atom stereocenters. The van der Waals surface area contributed by atoms with E-state index in [9.17, 15) is 4.79 Å². The summed E-state index contributed by atoms with van der Waals surface area (Å²) in [7, 11) is 1.85. The summed E-state index contributed by atoms with van der Waals surface area (Å²) >= 11 is 0. The van der Waals surface area contributed by atoms with Gasteiger partial charge in [0.15, 0.2) is 6.54 Å². The quantitative estimate of drug-likeness (QED) is 0.611. The lowest BCUT2D eigenvalue weighted by Gasteiger charge is -2.35. The lowest BCUT2D eigenvalue weighted by molar-refractivity contribution is -1.02. The van der Waals surface area contributed by atoms with Crippen molar-refractivity contribution in [1.82, 2.24) is 4.90 Å². The van der Waals surface area contributed by atoms with Gasteiger partial charge in [-0.25, -0.2) is 0 Å². The molecule has 0 spiro atoms. The summed E-state index contributed by atoms with van der Waals surface area (Å²) in [5.41, 5.74) is 2.72. The van der Waals surface area contributed by atoms with Gasteiger partial charge in [0.1, 0.15) is 38.0 Å². The second-order valence-electron chi connectivity index (χ2n) is 8.17. The fourth-order valence-electron chi connectivity index (χ4n) is 4.42. The minimum atomic E-state index is 0.174. The first-order chi connectivity index (χ1) is 14.7. The number of piperazine rings is 1. The zero-order chi connectivity index (χ0) is 20.8. The van der Waals surface area contributed by atoms with Gasteiger partial charge in [0.25, 0.3) is 5.91 Å². The molecule has 0 saturated carbocycles. The lowest BCUT2D eigenvalue weighted by atomic mass is 9.96. The van der Waals surface area contributed by atoms with Gasteiger partial charge in [0, 0.05) is 18.2 Å². The van der Waals surface area contributed by atoms with Crippen LogP contribution in [0.2, 0.25) is 0 Å². The fourth-order valence-corrected chi connectivity index (χ4v) is 4.42. The van der Waals surface area contributed by atoms with Crippen LogP contribution >= 0.6 is 0 Å². The number of furan rings is 1. The molecule has 0 bridgehead atoms. The van der Waals surface area contributed by atoms with E-state index in [-0.39, 0.29) is 5.91 Å². The van der Waals surface area contributed by atoms with Crippen molar-refractivity contribution < 1.29 is 19.0 Å². The molecule has 2 N–H and O–H groups in total. The van der Waals surface area contributed by atoms with E-state index in [0.717, 1.165) is 31.9 Å². The van der Waals surface area contributed by atoms with Gasteiger partial charge < -0.3 is 19.1 Å². The van der Waals surface area contributed by atoms with Crippen molar-refractivity contribution >= 4 is 5.91 Å². The first-order valence-corrected chi connectivity index (χ1v) is 10.7.